The Hall–Kier alpha value is -1.36. The molecule has 0 aliphatic heterocycles. The number of carbonyl (C=O) groups is 1. The fraction of sp³-hybridized carbons (Fsp3) is 0.556. The van der Waals surface area contributed by atoms with Gasteiger partial charge in [-0.05, 0) is 6.42 Å². The number of amides is 1. The van der Waals surface area contributed by atoms with E-state index in [0.717, 1.165) is 6.42 Å². The summed E-state index contributed by atoms with van der Waals surface area (Å²) in [4.78, 5) is 15.3. The zero-order valence-corrected chi connectivity index (χ0v) is 8.43. The number of nitrogens with zero attached hydrogens (tertiary/aromatic N) is 2. The van der Waals surface area contributed by atoms with Gasteiger partial charge in [0.25, 0.3) is 0 Å². The van der Waals surface area contributed by atoms with Crippen molar-refractivity contribution in [3.63, 3.8) is 0 Å². The minimum atomic E-state index is -0.175. The van der Waals surface area contributed by atoms with Gasteiger partial charge in [-0.15, -0.1) is 0 Å². The molecule has 1 N–H and O–H groups in total. The SMILES string of the molecule is CCC(COC)NC(=O)n1ccnc1. The second-order valence-corrected chi connectivity index (χ2v) is 2.98. The van der Waals surface area contributed by atoms with Crippen LogP contribution in [0.4, 0.5) is 4.79 Å². The van der Waals surface area contributed by atoms with Gasteiger partial charge in [-0.25, -0.2) is 9.78 Å². The van der Waals surface area contributed by atoms with E-state index in [4.69, 9.17) is 4.74 Å². The second-order valence-electron chi connectivity index (χ2n) is 2.98. The maximum absolute atomic E-state index is 11.5. The molecular formula is C9H15N3O2. The Morgan fingerprint density at radius 2 is 2.50 bits per heavy atom. The van der Waals surface area contributed by atoms with Crippen LogP contribution in [0.5, 0.6) is 0 Å². The molecule has 0 aliphatic carbocycles. The number of nitrogens with one attached hydrogen (secondary N) is 1. The highest BCUT2D eigenvalue weighted by Gasteiger charge is 2.10. The quantitative estimate of drug-likeness (QED) is 0.779. The van der Waals surface area contributed by atoms with E-state index in [1.54, 1.807) is 19.5 Å². The van der Waals surface area contributed by atoms with Crippen molar-refractivity contribution in [2.45, 2.75) is 19.4 Å². The fourth-order valence-electron chi connectivity index (χ4n) is 1.09. The molecule has 0 saturated heterocycles. The summed E-state index contributed by atoms with van der Waals surface area (Å²) in [7, 11) is 1.62. The Balaban J connectivity index is 2.47. The van der Waals surface area contributed by atoms with Gasteiger partial charge < -0.3 is 10.1 Å². The van der Waals surface area contributed by atoms with E-state index >= 15 is 0 Å². The number of hydrogen-bond acceptors (Lipinski definition) is 3. The van der Waals surface area contributed by atoms with Crippen LogP contribution in [-0.2, 0) is 4.74 Å². The zero-order chi connectivity index (χ0) is 10.4. The molecule has 14 heavy (non-hydrogen) atoms. The zero-order valence-electron chi connectivity index (χ0n) is 8.43. The monoisotopic (exact) mass is 197 g/mol. The summed E-state index contributed by atoms with van der Waals surface area (Å²) in [6.45, 7) is 2.52. The van der Waals surface area contributed by atoms with Gasteiger partial charge in [-0.2, -0.15) is 0 Å². The maximum Gasteiger partial charge on any atom is 0.327 e. The summed E-state index contributed by atoms with van der Waals surface area (Å²) >= 11 is 0. The number of rotatable bonds is 4. The molecule has 78 valence electrons. The molecule has 0 spiro atoms. The number of hydrogen-bond donors (Lipinski definition) is 1. The Bertz CT molecular complexity index is 272. The molecule has 1 heterocycles. The molecule has 0 aromatic carbocycles. The predicted molar refractivity (Wildman–Crippen MR) is 52.1 cm³/mol. The molecule has 0 fully saturated rings. The fourth-order valence-corrected chi connectivity index (χ4v) is 1.09. The molecule has 0 bridgehead atoms. The van der Waals surface area contributed by atoms with Gasteiger partial charge in [0.1, 0.15) is 6.33 Å². The Morgan fingerprint density at radius 1 is 1.71 bits per heavy atom. The summed E-state index contributed by atoms with van der Waals surface area (Å²) in [5.41, 5.74) is 0. The van der Waals surface area contributed by atoms with Crippen LogP contribution in [0.1, 0.15) is 13.3 Å². The molecule has 1 rings (SSSR count). The van der Waals surface area contributed by atoms with Crippen molar-refractivity contribution < 1.29 is 9.53 Å². The van der Waals surface area contributed by atoms with Gasteiger partial charge in [0, 0.05) is 19.5 Å². The van der Waals surface area contributed by atoms with Gasteiger partial charge >= 0.3 is 6.03 Å². The summed E-state index contributed by atoms with van der Waals surface area (Å²) in [6, 6.07) is -0.124. The maximum atomic E-state index is 11.5. The van der Waals surface area contributed by atoms with Crippen molar-refractivity contribution in [2.24, 2.45) is 0 Å². The Labute approximate surface area is 83.1 Å². The molecule has 1 amide bonds. The molecular weight excluding hydrogens is 182 g/mol. The smallest absolute Gasteiger partial charge is 0.327 e. The first kappa shape index (κ1) is 10.7. The average Bonchev–Trinajstić information content (AvgIpc) is 2.69. The molecule has 5 heteroatoms. The van der Waals surface area contributed by atoms with Crippen LogP contribution >= 0.6 is 0 Å². The molecule has 1 aromatic rings. The number of methoxy groups -OCH3 is 1. The van der Waals surface area contributed by atoms with Gasteiger partial charge in [-0.3, -0.25) is 4.57 Å². The van der Waals surface area contributed by atoms with Crippen molar-refractivity contribution in [1.29, 1.82) is 0 Å². The Kier molecular flexibility index (Phi) is 4.12. The predicted octanol–water partition coefficient (Wildman–Crippen LogP) is 0.866. The van der Waals surface area contributed by atoms with Crippen LogP contribution in [0.25, 0.3) is 0 Å². The van der Waals surface area contributed by atoms with E-state index in [-0.39, 0.29) is 12.1 Å². The van der Waals surface area contributed by atoms with Crippen LogP contribution in [0.15, 0.2) is 18.7 Å². The van der Waals surface area contributed by atoms with E-state index in [2.05, 4.69) is 10.3 Å². The molecule has 0 radical (unpaired) electrons. The number of ether oxygens (including phenoxy) is 1. The highest BCUT2D eigenvalue weighted by molar-refractivity contribution is 5.76. The molecule has 1 aromatic heterocycles. The van der Waals surface area contributed by atoms with Crippen molar-refractivity contribution in [3.05, 3.63) is 18.7 Å². The van der Waals surface area contributed by atoms with Crippen LogP contribution < -0.4 is 5.32 Å². The summed E-state index contributed by atoms with van der Waals surface area (Å²) in [5.74, 6) is 0. The van der Waals surface area contributed by atoms with E-state index in [0.29, 0.717) is 6.61 Å². The first-order valence-electron chi connectivity index (χ1n) is 4.55. The molecule has 0 saturated carbocycles. The highest BCUT2D eigenvalue weighted by Crippen LogP contribution is 1.93. The third-order valence-corrected chi connectivity index (χ3v) is 1.93. The second kappa shape index (κ2) is 5.39. The number of carbonyl (C=O) groups excluding carboxylic acids is 1. The Morgan fingerprint density at radius 3 is 3.00 bits per heavy atom. The van der Waals surface area contributed by atoms with E-state index < -0.39 is 0 Å². The van der Waals surface area contributed by atoms with Crippen LogP contribution in [0.2, 0.25) is 0 Å². The summed E-state index contributed by atoms with van der Waals surface area (Å²) < 4.78 is 6.37. The van der Waals surface area contributed by atoms with Crippen LogP contribution in [0.3, 0.4) is 0 Å². The molecule has 0 aliphatic rings. The van der Waals surface area contributed by atoms with Gasteiger partial charge in [0.15, 0.2) is 0 Å². The lowest BCUT2D eigenvalue weighted by Crippen LogP contribution is -2.39. The van der Waals surface area contributed by atoms with E-state index in [1.807, 2.05) is 6.92 Å². The number of imidazole rings is 1. The van der Waals surface area contributed by atoms with Crippen LogP contribution in [-0.4, -0.2) is 35.3 Å². The largest absolute Gasteiger partial charge is 0.383 e. The van der Waals surface area contributed by atoms with Crippen molar-refractivity contribution in [2.75, 3.05) is 13.7 Å². The first-order chi connectivity index (χ1) is 6.77. The standard InChI is InChI=1S/C9H15N3O2/c1-3-8(6-14-2)11-9(13)12-5-4-10-7-12/h4-5,7-8H,3,6H2,1-2H3,(H,11,13). The van der Waals surface area contributed by atoms with E-state index in [1.165, 1.54) is 10.9 Å². The minimum absolute atomic E-state index is 0.0508. The van der Waals surface area contributed by atoms with Gasteiger partial charge in [-0.1, -0.05) is 6.92 Å². The van der Waals surface area contributed by atoms with Crippen molar-refractivity contribution in [3.8, 4) is 0 Å². The lowest BCUT2D eigenvalue weighted by Gasteiger charge is -2.15. The highest BCUT2D eigenvalue weighted by atomic mass is 16.5. The summed E-state index contributed by atoms with van der Waals surface area (Å²) in [5, 5.41) is 2.83. The summed E-state index contributed by atoms with van der Waals surface area (Å²) in [6.07, 6.45) is 5.48. The topological polar surface area (TPSA) is 56.1 Å². The first-order valence-corrected chi connectivity index (χ1v) is 4.55. The third-order valence-electron chi connectivity index (χ3n) is 1.93. The van der Waals surface area contributed by atoms with Gasteiger partial charge in [0.05, 0.1) is 12.6 Å². The van der Waals surface area contributed by atoms with E-state index in [9.17, 15) is 4.79 Å². The molecule has 1 unspecified atom stereocenters. The lowest BCUT2D eigenvalue weighted by atomic mass is 10.2. The molecule has 5 nitrogen and oxygen atoms in total. The normalized spacial score (nSPS) is 12.4. The lowest BCUT2D eigenvalue weighted by molar-refractivity contribution is 0.164. The van der Waals surface area contributed by atoms with Crippen LogP contribution in [0, 0.1) is 0 Å². The average molecular weight is 197 g/mol. The third kappa shape index (κ3) is 2.85. The molecule has 1 atom stereocenters. The van der Waals surface area contributed by atoms with Gasteiger partial charge in [0.2, 0.25) is 0 Å². The van der Waals surface area contributed by atoms with Crippen molar-refractivity contribution in [1.82, 2.24) is 14.9 Å². The minimum Gasteiger partial charge on any atom is -0.383 e. The van der Waals surface area contributed by atoms with Crippen molar-refractivity contribution >= 4 is 6.03 Å². The number of aromatic nitrogens is 2.